The van der Waals surface area contributed by atoms with Crippen LogP contribution < -0.4 is 4.90 Å². The van der Waals surface area contributed by atoms with Crippen LogP contribution in [0, 0.1) is 0 Å². The van der Waals surface area contributed by atoms with Gasteiger partial charge < -0.3 is 9.64 Å². The Bertz CT molecular complexity index is 671. The van der Waals surface area contributed by atoms with Crippen molar-refractivity contribution in [1.82, 2.24) is 0 Å². The summed E-state index contributed by atoms with van der Waals surface area (Å²) in [6.45, 7) is 8.42. The minimum Gasteiger partial charge on any atom is -0.462 e. The summed E-state index contributed by atoms with van der Waals surface area (Å²) in [6, 6.07) is 17.9. The number of ether oxygens (including phenoxy) is 1. The second-order valence-corrected chi connectivity index (χ2v) is 5.41. The largest absolute Gasteiger partial charge is 0.462 e. The van der Waals surface area contributed by atoms with Crippen molar-refractivity contribution in [3.63, 3.8) is 0 Å². The summed E-state index contributed by atoms with van der Waals surface area (Å²) in [5.74, 6) is -0.295. The van der Waals surface area contributed by atoms with Crippen LogP contribution in [0.25, 0.3) is 11.6 Å². The number of nitrogens with zero attached hydrogens (tertiary/aromatic N) is 1. The molecule has 0 unspecified atom stereocenters. The zero-order valence-corrected chi connectivity index (χ0v) is 14.7. The third-order valence-electron chi connectivity index (χ3n) is 3.91. The molecule has 126 valence electrons. The SMILES string of the molecule is CCOC(=O)/C(=C/c1ccc(N(CC)CC)cc1)c1ccccc1. The maximum atomic E-state index is 12.3. The van der Waals surface area contributed by atoms with Crippen LogP contribution in [0.3, 0.4) is 0 Å². The number of benzene rings is 2. The fraction of sp³-hybridized carbons (Fsp3) is 0.286. The van der Waals surface area contributed by atoms with Gasteiger partial charge in [-0.15, -0.1) is 0 Å². The molecule has 24 heavy (non-hydrogen) atoms. The quantitative estimate of drug-likeness (QED) is 0.422. The number of carbonyl (C=O) groups is 1. The molecule has 0 heterocycles. The van der Waals surface area contributed by atoms with Crippen molar-refractivity contribution >= 4 is 23.3 Å². The van der Waals surface area contributed by atoms with Crippen molar-refractivity contribution in [3.05, 3.63) is 65.7 Å². The van der Waals surface area contributed by atoms with Gasteiger partial charge in [-0.05, 0) is 50.1 Å². The molecule has 0 aliphatic heterocycles. The van der Waals surface area contributed by atoms with Gasteiger partial charge in [0.2, 0.25) is 0 Å². The van der Waals surface area contributed by atoms with Crippen LogP contribution in [0.5, 0.6) is 0 Å². The summed E-state index contributed by atoms with van der Waals surface area (Å²) in [5, 5.41) is 0. The molecule has 0 amide bonds. The Balaban J connectivity index is 2.34. The number of rotatable bonds is 7. The molecule has 0 fully saturated rings. The highest BCUT2D eigenvalue weighted by molar-refractivity contribution is 6.21. The van der Waals surface area contributed by atoms with Crippen LogP contribution in [0.4, 0.5) is 5.69 Å². The minimum atomic E-state index is -0.295. The van der Waals surface area contributed by atoms with E-state index in [1.165, 1.54) is 5.69 Å². The Morgan fingerprint density at radius 1 is 0.958 bits per heavy atom. The monoisotopic (exact) mass is 323 g/mol. The van der Waals surface area contributed by atoms with E-state index in [4.69, 9.17) is 4.74 Å². The zero-order valence-electron chi connectivity index (χ0n) is 14.7. The van der Waals surface area contributed by atoms with E-state index < -0.39 is 0 Å². The second-order valence-electron chi connectivity index (χ2n) is 5.41. The average molecular weight is 323 g/mol. The molecule has 3 nitrogen and oxygen atoms in total. The molecular weight excluding hydrogens is 298 g/mol. The van der Waals surface area contributed by atoms with E-state index in [2.05, 4.69) is 30.9 Å². The van der Waals surface area contributed by atoms with Gasteiger partial charge in [0.25, 0.3) is 0 Å². The molecule has 0 aliphatic rings. The molecule has 0 aromatic heterocycles. The van der Waals surface area contributed by atoms with Crippen LogP contribution in [0.1, 0.15) is 31.9 Å². The highest BCUT2D eigenvalue weighted by Gasteiger charge is 2.13. The molecule has 0 atom stereocenters. The van der Waals surface area contributed by atoms with Gasteiger partial charge in [0.15, 0.2) is 0 Å². The molecule has 0 saturated carbocycles. The maximum Gasteiger partial charge on any atom is 0.338 e. The van der Waals surface area contributed by atoms with Gasteiger partial charge in [-0.25, -0.2) is 4.79 Å². The Morgan fingerprint density at radius 2 is 1.58 bits per heavy atom. The van der Waals surface area contributed by atoms with Crippen LogP contribution in [-0.2, 0) is 9.53 Å². The summed E-state index contributed by atoms with van der Waals surface area (Å²) < 4.78 is 5.21. The van der Waals surface area contributed by atoms with Crippen molar-refractivity contribution in [1.29, 1.82) is 0 Å². The molecule has 0 saturated heterocycles. The van der Waals surface area contributed by atoms with E-state index in [1.54, 1.807) is 0 Å². The number of hydrogen-bond acceptors (Lipinski definition) is 3. The Kier molecular flexibility index (Phi) is 6.62. The Hall–Kier alpha value is -2.55. The summed E-state index contributed by atoms with van der Waals surface area (Å²) >= 11 is 0. The lowest BCUT2D eigenvalue weighted by Crippen LogP contribution is -2.21. The summed E-state index contributed by atoms with van der Waals surface area (Å²) in [4.78, 5) is 14.6. The van der Waals surface area contributed by atoms with E-state index in [1.807, 2.05) is 55.5 Å². The molecular formula is C21H25NO2. The average Bonchev–Trinajstić information content (AvgIpc) is 2.63. The van der Waals surface area contributed by atoms with Crippen molar-refractivity contribution in [3.8, 4) is 0 Å². The first-order chi connectivity index (χ1) is 11.7. The lowest BCUT2D eigenvalue weighted by atomic mass is 10.0. The highest BCUT2D eigenvalue weighted by Crippen LogP contribution is 2.22. The summed E-state index contributed by atoms with van der Waals surface area (Å²) in [6.07, 6.45) is 1.89. The standard InChI is InChI=1S/C21H25NO2/c1-4-22(5-2)19-14-12-17(13-15-19)16-20(21(23)24-6-3)18-10-8-7-9-11-18/h7-16H,4-6H2,1-3H3/b20-16+. The van der Waals surface area contributed by atoms with Crippen LogP contribution >= 0.6 is 0 Å². The van der Waals surface area contributed by atoms with E-state index in [0.717, 1.165) is 24.2 Å². The molecule has 2 rings (SSSR count). The van der Waals surface area contributed by atoms with Gasteiger partial charge in [0, 0.05) is 18.8 Å². The van der Waals surface area contributed by atoms with Crippen molar-refractivity contribution in [2.24, 2.45) is 0 Å². The van der Waals surface area contributed by atoms with E-state index in [-0.39, 0.29) is 5.97 Å². The molecule has 2 aromatic carbocycles. The number of anilines is 1. The number of hydrogen-bond donors (Lipinski definition) is 0. The molecule has 0 N–H and O–H groups in total. The molecule has 0 radical (unpaired) electrons. The van der Waals surface area contributed by atoms with Gasteiger partial charge in [0.05, 0.1) is 12.2 Å². The van der Waals surface area contributed by atoms with Crippen molar-refractivity contribution in [2.75, 3.05) is 24.6 Å². The first-order valence-corrected chi connectivity index (χ1v) is 8.48. The summed E-state index contributed by atoms with van der Waals surface area (Å²) in [7, 11) is 0. The van der Waals surface area contributed by atoms with Gasteiger partial charge in [-0.1, -0.05) is 42.5 Å². The minimum absolute atomic E-state index is 0.295. The van der Waals surface area contributed by atoms with Gasteiger partial charge in [-0.2, -0.15) is 0 Å². The first-order valence-electron chi connectivity index (χ1n) is 8.48. The predicted octanol–water partition coefficient (Wildman–Crippen LogP) is 4.64. The maximum absolute atomic E-state index is 12.3. The van der Waals surface area contributed by atoms with Crippen LogP contribution in [-0.4, -0.2) is 25.7 Å². The van der Waals surface area contributed by atoms with Gasteiger partial charge in [-0.3, -0.25) is 0 Å². The molecule has 0 aliphatic carbocycles. The van der Waals surface area contributed by atoms with E-state index in [0.29, 0.717) is 12.2 Å². The van der Waals surface area contributed by atoms with Crippen LogP contribution in [0.2, 0.25) is 0 Å². The lowest BCUT2D eigenvalue weighted by Gasteiger charge is -2.20. The third-order valence-corrected chi connectivity index (χ3v) is 3.91. The fourth-order valence-corrected chi connectivity index (χ4v) is 2.62. The first kappa shape index (κ1) is 17.8. The molecule has 2 aromatic rings. The summed E-state index contributed by atoms with van der Waals surface area (Å²) in [5.41, 5.74) is 3.61. The molecule has 0 spiro atoms. The Labute approximate surface area is 144 Å². The third kappa shape index (κ3) is 4.48. The predicted molar refractivity (Wildman–Crippen MR) is 101 cm³/mol. The fourth-order valence-electron chi connectivity index (χ4n) is 2.62. The Morgan fingerprint density at radius 3 is 2.12 bits per heavy atom. The number of esters is 1. The van der Waals surface area contributed by atoms with Gasteiger partial charge in [0.1, 0.15) is 0 Å². The van der Waals surface area contributed by atoms with Crippen molar-refractivity contribution < 1.29 is 9.53 Å². The highest BCUT2D eigenvalue weighted by atomic mass is 16.5. The van der Waals surface area contributed by atoms with Gasteiger partial charge >= 0.3 is 5.97 Å². The number of carbonyl (C=O) groups excluding carboxylic acids is 1. The van der Waals surface area contributed by atoms with E-state index >= 15 is 0 Å². The van der Waals surface area contributed by atoms with Crippen molar-refractivity contribution in [2.45, 2.75) is 20.8 Å². The second kappa shape index (κ2) is 8.92. The lowest BCUT2D eigenvalue weighted by molar-refractivity contribution is -0.136. The topological polar surface area (TPSA) is 29.5 Å². The van der Waals surface area contributed by atoms with E-state index in [9.17, 15) is 4.79 Å². The zero-order chi connectivity index (χ0) is 17.4. The molecule has 3 heteroatoms. The molecule has 0 bridgehead atoms. The van der Waals surface area contributed by atoms with Crippen LogP contribution in [0.15, 0.2) is 54.6 Å². The smallest absolute Gasteiger partial charge is 0.338 e. The normalized spacial score (nSPS) is 11.2.